The van der Waals surface area contributed by atoms with Gasteiger partial charge in [0, 0.05) is 12.2 Å². The Kier molecular flexibility index (Phi) is 4.60. The van der Waals surface area contributed by atoms with Crippen LogP contribution in [0.3, 0.4) is 0 Å². The Morgan fingerprint density at radius 3 is 2.56 bits per heavy atom. The molecule has 0 aliphatic rings. The van der Waals surface area contributed by atoms with Gasteiger partial charge in [-0.1, -0.05) is 20.3 Å². The number of alkyl halides is 3. The molecule has 0 bridgehead atoms. The van der Waals surface area contributed by atoms with Crippen LogP contribution in [0.15, 0.2) is 18.2 Å². The Labute approximate surface area is 104 Å². The molecule has 0 amide bonds. The zero-order valence-electron chi connectivity index (χ0n) is 10.3. The van der Waals surface area contributed by atoms with Crippen LogP contribution in [0.1, 0.15) is 31.4 Å². The molecule has 1 aromatic carbocycles. The zero-order chi connectivity index (χ0) is 13.8. The molecule has 0 radical (unpaired) electrons. The number of anilines is 1. The summed E-state index contributed by atoms with van der Waals surface area (Å²) < 4.78 is 38.1. The summed E-state index contributed by atoms with van der Waals surface area (Å²) in [6.45, 7) is 4.65. The van der Waals surface area contributed by atoms with E-state index in [2.05, 4.69) is 5.32 Å². The second-order valence-electron chi connectivity index (χ2n) is 4.26. The van der Waals surface area contributed by atoms with Crippen LogP contribution in [0.25, 0.3) is 0 Å². The summed E-state index contributed by atoms with van der Waals surface area (Å²) in [7, 11) is 0. The third-order valence-corrected chi connectivity index (χ3v) is 2.80. The molecule has 0 unspecified atom stereocenters. The van der Waals surface area contributed by atoms with Gasteiger partial charge in [-0.05, 0) is 24.1 Å². The monoisotopic (exact) mass is 256 g/mol. The van der Waals surface area contributed by atoms with E-state index in [1.165, 1.54) is 12.1 Å². The molecule has 0 saturated heterocycles. The van der Waals surface area contributed by atoms with Crippen LogP contribution >= 0.6 is 0 Å². The Balaban J connectivity index is 2.94. The van der Waals surface area contributed by atoms with E-state index in [-0.39, 0.29) is 5.56 Å². The molecule has 0 aromatic heterocycles. The fourth-order valence-electron chi connectivity index (χ4n) is 1.42. The predicted molar refractivity (Wildman–Crippen MR) is 64.1 cm³/mol. The van der Waals surface area contributed by atoms with Crippen molar-refractivity contribution in [3.63, 3.8) is 0 Å². The lowest BCUT2D eigenvalue weighted by Gasteiger charge is -2.14. The minimum Gasteiger partial charge on any atom is -0.385 e. The normalized spacial score (nSPS) is 12.9. The van der Waals surface area contributed by atoms with Gasteiger partial charge in [0.1, 0.15) is 0 Å². The van der Waals surface area contributed by atoms with Crippen molar-refractivity contribution in [3.8, 4) is 6.07 Å². The number of hydrogen-bond donors (Lipinski definition) is 1. The lowest BCUT2D eigenvalue weighted by atomic mass is 10.1. The van der Waals surface area contributed by atoms with Gasteiger partial charge in [-0.2, -0.15) is 18.4 Å². The van der Waals surface area contributed by atoms with Gasteiger partial charge in [0.15, 0.2) is 0 Å². The summed E-state index contributed by atoms with van der Waals surface area (Å²) in [5, 5.41) is 11.6. The molecule has 1 aromatic rings. The third kappa shape index (κ3) is 3.66. The predicted octanol–water partition coefficient (Wildman–Crippen LogP) is 4.04. The summed E-state index contributed by atoms with van der Waals surface area (Å²) in [6.07, 6.45) is -3.55. The summed E-state index contributed by atoms with van der Waals surface area (Å²) in [4.78, 5) is 0. The Bertz CT molecular complexity index is 447. The molecule has 0 aliphatic heterocycles. The summed E-state index contributed by atoms with van der Waals surface area (Å²) in [5.74, 6) is 0.384. The topological polar surface area (TPSA) is 35.8 Å². The number of hydrogen-bond acceptors (Lipinski definition) is 2. The first-order valence-corrected chi connectivity index (χ1v) is 5.73. The van der Waals surface area contributed by atoms with E-state index < -0.39 is 11.7 Å². The fourth-order valence-corrected chi connectivity index (χ4v) is 1.42. The maximum atomic E-state index is 12.7. The highest BCUT2D eigenvalue weighted by Crippen LogP contribution is 2.33. The van der Waals surface area contributed by atoms with Crippen LogP contribution in [0.2, 0.25) is 0 Å². The van der Waals surface area contributed by atoms with Crippen molar-refractivity contribution >= 4 is 5.69 Å². The van der Waals surface area contributed by atoms with Crippen LogP contribution in [0, 0.1) is 17.2 Å². The van der Waals surface area contributed by atoms with Gasteiger partial charge in [-0.25, -0.2) is 0 Å². The van der Waals surface area contributed by atoms with E-state index in [4.69, 9.17) is 5.26 Å². The molecule has 1 atom stereocenters. The Morgan fingerprint density at radius 1 is 1.39 bits per heavy atom. The van der Waals surface area contributed by atoms with Crippen molar-refractivity contribution in [2.45, 2.75) is 26.4 Å². The molecule has 1 N–H and O–H groups in total. The van der Waals surface area contributed by atoms with Crippen LogP contribution in [-0.4, -0.2) is 6.54 Å². The average molecular weight is 256 g/mol. The number of nitriles is 1. The van der Waals surface area contributed by atoms with E-state index >= 15 is 0 Å². The van der Waals surface area contributed by atoms with Crippen molar-refractivity contribution < 1.29 is 13.2 Å². The molecule has 2 nitrogen and oxygen atoms in total. The van der Waals surface area contributed by atoms with Crippen LogP contribution < -0.4 is 5.32 Å². The first-order valence-electron chi connectivity index (χ1n) is 5.73. The standard InChI is InChI=1S/C13H15F3N2/c1-3-9(2)8-18-11-5-4-10(7-17)12(6-11)13(14,15)16/h4-6,9,18H,3,8H2,1-2H3/t9-/m1/s1. The molecule has 0 spiro atoms. The lowest BCUT2D eigenvalue weighted by molar-refractivity contribution is -0.137. The minimum atomic E-state index is -4.50. The van der Waals surface area contributed by atoms with Crippen LogP contribution in [-0.2, 0) is 6.18 Å². The largest absolute Gasteiger partial charge is 0.417 e. The molecule has 5 heteroatoms. The Hall–Kier alpha value is -1.70. The SMILES string of the molecule is CC[C@@H](C)CNc1ccc(C#N)c(C(F)(F)F)c1. The number of halogens is 3. The maximum absolute atomic E-state index is 12.7. The highest BCUT2D eigenvalue weighted by atomic mass is 19.4. The first kappa shape index (κ1) is 14.4. The van der Waals surface area contributed by atoms with E-state index in [0.29, 0.717) is 18.2 Å². The van der Waals surface area contributed by atoms with Crippen molar-refractivity contribution in [2.75, 3.05) is 11.9 Å². The smallest absolute Gasteiger partial charge is 0.385 e. The molecule has 1 rings (SSSR count). The quantitative estimate of drug-likeness (QED) is 0.882. The van der Waals surface area contributed by atoms with E-state index in [1.54, 1.807) is 6.07 Å². The van der Waals surface area contributed by atoms with Crippen molar-refractivity contribution in [1.82, 2.24) is 0 Å². The maximum Gasteiger partial charge on any atom is 0.417 e. The van der Waals surface area contributed by atoms with Crippen molar-refractivity contribution in [2.24, 2.45) is 5.92 Å². The summed E-state index contributed by atoms with van der Waals surface area (Å²) in [6, 6.07) is 5.24. The Morgan fingerprint density at radius 2 is 2.06 bits per heavy atom. The van der Waals surface area contributed by atoms with Crippen molar-refractivity contribution in [3.05, 3.63) is 29.3 Å². The molecule has 0 aliphatic carbocycles. The fraction of sp³-hybridized carbons (Fsp3) is 0.462. The minimum absolute atomic E-state index is 0.350. The molecule has 18 heavy (non-hydrogen) atoms. The lowest BCUT2D eigenvalue weighted by Crippen LogP contribution is -2.12. The van der Waals surface area contributed by atoms with E-state index in [1.807, 2.05) is 13.8 Å². The zero-order valence-corrected chi connectivity index (χ0v) is 10.3. The van der Waals surface area contributed by atoms with Gasteiger partial charge in [0.05, 0.1) is 17.2 Å². The highest BCUT2D eigenvalue weighted by molar-refractivity contribution is 5.53. The number of nitrogens with one attached hydrogen (secondary N) is 1. The average Bonchev–Trinajstić information content (AvgIpc) is 2.34. The molecular formula is C13H15F3N2. The molecule has 98 valence electrons. The summed E-state index contributed by atoms with van der Waals surface area (Å²) >= 11 is 0. The highest BCUT2D eigenvalue weighted by Gasteiger charge is 2.33. The second kappa shape index (κ2) is 5.76. The molecule has 0 fully saturated rings. The van der Waals surface area contributed by atoms with Gasteiger partial charge in [0.25, 0.3) is 0 Å². The van der Waals surface area contributed by atoms with Crippen LogP contribution in [0.5, 0.6) is 0 Å². The number of rotatable bonds is 4. The number of benzene rings is 1. The van der Waals surface area contributed by atoms with Gasteiger partial charge < -0.3 is 5.32 Å². The van der Waals surface area contributed by atoms with Gasteiger partial charge >= 0.3 is 6.18 Å². The van der Waals surface area contributed by atoms with Gasteiger partial charge in [-0.15, -0.1) is 0 Å². The van der Waals surface area contributed by atoms with E-state index in [0.717, 1.165) is 12.5 Å². The van der Waals surface area contributed by atoms with Crippen molar-refractivity contribution in [1.29, 1.82) is 5.26 Å². The molecule has 0 saturated carbocycles. The molecular weight excluding hydrogens is 241 g/mol. The van der Waals surface area contributed by atoms with E-state index in [9.17, 15) is 13.2 Å². The van der Waals surface area contributed by atoms with Gasteiger partial charge in [0.2, 0.25) is 0 Å². The van der Waals surface area contributed by atoms with Crippen LogP contribution in [0.4, 0.5) is 18.9 Å². The first-order chi connectivity index (χ1) is 8.38. The molecule has 0 heterocycles. The number of nitrogens with zero attached hydrogens (tertiary/aromatic N) is 1. The third-order valence-electron chi connectivity index (χ3n) is 2.80. The second-order valence-corrected chi connectivity index (χ2v) is 4.26. The summed E-state index contributed by atoms with van der Waals surface area (Å²) in [5.41, 5.74) is -0.850. The van der Waals surface area contributed by atoms with Gasteiger partial charge in [-0.3, -0.25) is 0 Å².